The van der Waals surface area contributed by atoms with Crippen LogP contribution >= 0.6 is 0 Å². The molecule has 0 atom stereocenters. The molecule has 1 aliphatic carbocycles. The van der Waals surface area contributed by atoms with Gasteiger partial charge in [-0.1, -0.05) is 37.7 Å². The molecular weight excluding hydrogens is 285 g/mol. The summed E-state index contributed by atoms with van der Waals surface area (Å²) in [5.41, 5.74) is 0.146. The number of halogens is 3. The predicted molar refractivity (Wildman–Crippen MR) is 82.7 cm³/mol. The Hall–Kier alpha value is -1.69. The van der Waals surface area contributed by atoms with Crippen molar-refractivity contribution in [3.8, 4) is 11.8 Å². The second-order valence-electron chi connectivity index (χ2n) is 5.95. The fraction of sp³-hybridized carbons (Fsp3) is 0.474. The normalized spacial score (nSPS) is 21.6. The first-order valence-electron chi connectivity index (χ1n) is 7.93. The molecule has 0 radical (unpaired) electrons. The molecule has 0 aromatic heterocycles. The van der Waals surface area contributed by atoms with E-state index in [1.807, 2.05) is 0 Å². The van der Waals surface area contributed by atoms with Crippen molar-refractivity contribution in [2.24, 2.45) is 11.8 Å². The van der Waals surface area contributed by atoms with E-state index in [1.54, 1.807) is 6.08 Å². The number of hydrogen-bond acceptors (Lipinski definition) is 0. The van der Waals surface area contributed by atoms with Gasteiger partial charge in [0.05, 0.1) is 0 Å². The molecule has 0 spiro atoms. The average Bonchev–Trinajstić information content (AvgIpc) is 2.51. The maximum Gasteiger partial charge on any atom is 0.194 e. The minimum Gasteiger partial charge on any atom is -0.204 e. The summed E-state index contributed by atoms with van der Waals surface area (Å²) >= 11 is 0. The Kier molecular flexibility index (Phi) is 6.12. The van der Waals surface area contributed by atoms with Crippen molar-refractivity contribution >= 4 is 0 Å². The first-order chi connectivity index (χ1) is 10.6. The van der Waals surface area contributed by atoms with Gasteiger partial charge in [-0.25, -0.2) is 13.2 Å². The Bertz CT molecular complexity index is 561. The van der Waals surface area contributed by atoms with E-state index in [0.29, 0.717) is 5.92 Å². The number of benzene rings is 1. The van der Waals surface area contributed by atoms with Crippen LogP contribution < -0.4 is 0 Å². The van der Waals surface area contributed by atoms with Crippen LogP contribution in [0.1, 0.15) is 51.0 Å². The van der Waals surface area contributed by atoms with Crippen molar-refractivity contribution in [2.75, 3.05) is 0 Å². The van der Waals surface area contributed by atoms with Gasteiger partial charge in [0, 0.05) is 5.56 Å². The minimum absolute atomic E-state index is 0.146. The minimum atomic E-state index is -1.45. The summed E-state index contributed by atoms with van der Waals surface area (Å²) in [4.78, 5) is 0. The maximum atomic E-state index is 13.0. The van der Waals surface area contributed by atoms with Crippen LogP contribution in [-0.4, -0.2) is 0 Å². The lowest BCUT2D eigenvalue weighted by atomic mass is 9.80. The summed E-state index contributed by atoms with van der Waals surface area (Å²) in [5, 5.41) is 0. The molecule has 118 valence electrons. The van der Waals surface area contributed by atoms with Crippen LogP contribution in [0.5, 0.6) is 0 Å². The Morgan fingerprint density at radius 2 is 1.73 bits per heavy atom. The van der Waals surface area contributed by atoms with Crippen molar-refractivity contribution in [3.63, 3.8) is 0 Å². The zero-order valence-corrected chi connectivity index (χ0v) is 12.8. The van der Waals surface area contributed by atoms with Crippen molar-refractivity contribution in [2.45, 2.75) is 45.4 Å². The molecule has 1 aliphatic rings. The van der Waals surface area contributed by atoms with Gasteiger partial charge in [-0.2, -0.15) is 0 Å². The Balaban J connectivity index is 1.89. The molecule has 1 aromatic rings. The lowest BCUT2D eigenvalue weighted by Crippen LogP contribution is -2.12. The third-order valence-electron chi connectivity index (χ3n) is 4.24. The molecule has 0 amide bonds. The average molecular weight is 306 g/mol. The van der Waals surface area contributed by atoms with Gasteiger partial charge in [-0.3, -0.25) is 0 Å². The van der Waals surface area contributed by atoms with E-state index in [2.05, 4.69) is 24.8 Å². The Labute approximate surface area is 130 Å². The first-order valence-corrected chi connectivity index (χ1v) is 7.93. The SMILES string of the molecule is CCC[C@H]1CC[C@H](C=CC#Cc2cc(F)c(F)c(F)c2)CC1. The van der Waals surface area contributed by atoms with E-state index in [1.165, 1.54) is 38.5 Å². The highest BCUT2D eigenvalue weighted by atomic mass is 19.2. The van der Waals surface area contributed by atoms with Gasteiger partial charge in [0.2, 0.25) is 0 Å². The van der Waals surface area contributed by atoms with E-state index in [-0.39, 0.29) is 5.56 Å². The Morgan fingerprint density at radius 3 is 2.32 bits per heavy atom. The maximum absolute atomic E-state index is 13.0. The van der Waals surface area contributed by atoms with Crippen LogP contribution in [0.25, 0.3) is 0 Å². The van der Waals surface area contributed by atoms with Crippen molar-refractivity contribution in [1.29, 1.82) is 0 Å². The molecule has 0 unspecified atom stereocenters. The van der Waals surface area contributed by atoms with Gasteiger partial charge >= 0.3 is 0 Å². The quantitative estimate of drug-likeness (QED) is 0.502. The molecule has 0 nitrogen and oxygen atoms in total. The first kappa shape index (κ1) is 16.7. The number of hydrogen-bond donors (Lipinski definition) is 0. The molecule has 3 heteroatoms. The number of rotatable bonds is 3. The topological polar surface area (TPSA) is 0 Å². The van der Waals surface area contributed by atoms with E-state index < -0.39 is 17.5 Å². The van der Waals surface area contributed by atoms with Gasteiger partial charge in [-0.05, 0) is 55.7 Å². The molecule has 1 fully saturated rings. The monoisotopic (exact) mass is 306 g/mol. The molecular formula is C19H21F3. The molecule has 0 N–H and O–H groups in total. The Morgan fingerprint density at radius 1 is 1.09 bits per heavy atom. The molecule has 0 saturated heterocycles. The highest BCUT2D eigenvalue weighted by Gasteiger charge is 2.18. The largest absolute Gasteiger partial charge is 0.204 e. The second-order valence-corrected chi connectivity index (χ2v) is 5.95. The van der Waals surface area contributed by atoms with Gasteiger partial charge in [0.1, 0.15) is 0 Å². The fourth-order valence-corrected chi connectivity index (χ4v) is 3.01. The summed E-state index contributed by atoms with van der Waals surface area (Å²) in [6.45, 7) is 2.22. The van der Waals surface area contributed by atoms with E-state index in [4.69, 9.17) is 0 Å². The highest BCUT2D eigenvalue weighted by molar-refractivity contribution is 5.37. The molecule has 0 bridgehead atoms. The zero-order chi connectivity index (χ0) is 15.9. The van der Waals surface area contributed by atoms with E-state index in [9.17, 15) is 13.2 Å². The summed E-state index contributed by atoms with van der Waals surface area (Å²) in [7, 11) is 0. The van der Waals surface area contributed by atoms with Crippen LogP contribution in [0.3, 0.4) is 0 Å². The molecule has 1 aromatic carbocycles. The van der Waals surface area contributed by atoms with Crippen molar-refractivity contribution in [1.82, 2.24) is 0 Å². The summed E-state index contributed by atoms with van der Waals surface area (Å²) < 4.78 is 38.9. The second kappa shape index (κ2) is 8.08. The molecule has 2 rings (SSSR count). The highest BCUT2D eigenvalue weighted by Crippen LogP contribution is 2.32. The summed E-state index contributed by atoms with van der Waals surface area (Å²) in [6, 6.07) is 1.82. The van der Waals surface area contributed by atoms with Gasteiger partial charge in [-0.15, -0.1) is 0 Å². The van der Waals surface area contributed by atoms with E-state index >= 15 is 0 Å². The summed E-state index contributed by atoms with van der Waals surface area (Å²) in [5.74, 6) is 2.96. The van der Waals surface area contributed by atoms with Gasteiger partial charge in [0.15, 0.2) is 17.5 Å². The standard InChI is InChI=1S/C19H21F3/c1-2-5-14-8-10-15(11-9-14)6-3-4-7-16-12-17(20)19(22)18(21)13-16/h3,6,12-15H,2,5,8-11H2,1H3/t14-,15-. The van der Waals surface area contributed by atoms with Crippen molar-refractivity contribution < 1.29 is 13.2 Å². The fourth-order valence-electron chi connectivity index (χ4n) is 3.01. The van der Waals surface area contributed by atoms with Crippen LogP contribution in [-0.2, 0) is 0 Å². The van der Waals surface area contributed by atoms with Crippen molar-refractivity contribution in [3.05, 3.63) is 47.3 Å². The molecule has 0 aliphatic heterocycles. The van der Waals surface area contributed by atoms with Crippen LogP contribution in [0, 0.1) is 41.1 Å². The molecule has 1 saturated carbocycles. The summed E-state index contributed by atoms with van der Waals surface area (Å²) in [6.07, 6.45) is 11.3. The smallest absolute Gasteiger partial charge is 0.194 e. The van der Waals surface area contributed by atoms with Crippen LogP contribution in [0.4, 0.5) is 13.2 Å². The van der Waals surface area contributed by atoms with Gasteiger partial charge in [0.25, 0.3) is 0 Å². The van der Waals surface area contributed by atoms with Crippen LogP contribution in [0.15, 0.2) is 24.3 Å². The van der Waals surface area contributed by atoms with Crippen LogP contribution in [0.2, 0.25) is 0 Å². The lowest BCUT2D eigenvalue weighted by molar-refractivity contribution is 0.294. The predicted octanol–water partition coefficient (Wildman–Crippen LogP) is 5.62. The van der Waals surface area contributed by atoms with E-state index in [0.717, 1.165) is 18.1 Å². The third-order valence-corrected chi connectivity index (χ3v) is 4.24. The molecule has 22 heavy (non-hydrogen) atoms. The molecule has 0 heterocycles. The zero-order valence-electron chi connectivity index (χ0n) is 12.8. The number of allylic oxidation sites excluding steroid dienone is 2. The lowest BCUT2D eigenvalue weighted by Gasteiger charge is -2.26. The van der Waals surface area contributed by atoms with Gasteiger partial charge < -0.3 is 0 Å². The third kappa shape index (κ3) is 4.66.